The molecule has 2 heteroatoms. The molecule has 3 aromatic carbocycles. The topological polar surface area (TPSA) is 9.23 Å². The van der Waals surface area contributed by atoms with Gasteiger partial charge in [0.25, 0.3) is 0 Å². The SMILES string of the molecule is COc1cccc(-c2c(-c3cccc(C)c3)sc3ccccc23)c1. The molecule has 0 aliphatic rings. The predicted molar refractivity (Wildman–Crippen MR) is 104 cm³/mol. The van der Waals surface area contributed by atoms with Crippen molar-refractivity contribution in [2.45, 2.75) is 6.92 Å². The normalized spacial score (nSPS) is 10.9. The standard InChI is InChI=1S/C22H18OS/c1-15-7-5-9-17(13-15)22-21(16-8-6-10-18(14-16)23-2)19-11-3-4-12-20(19)24-22/h3-14H,1-2H3. The van der Waals surface area contributed by atoms with E-state index in [1.165, 1.54) is 37.2 Å². The highest BCUT2D eigenvalue weighted by Crippen LogP contribution is 2.45. The molecule has 0 amide bonds. The first kappa shape index (κ1) is 15.0. The zero-order valence-electron chi connectivity index (χ0n) is 13.7. The van der Waals surface area contributed by atoms with Crippen molar-refractivity contribution in [3.8, 4) is 27.3 Å². The summed E-state index contributed by atoms with van der Waals surface area (Å²) in [7, 11) is 1.71. The number of fused-ring (bicyclic) bond motifs is 1. The molecule has 0 N–H and O–H groups in total. The molecule has 0 unspecified atom stereocenters. The van der Waals surface area contributed by atoms with Gasteiger partial charge in [0.05, 0.1) is 7.11 Å². The van der Waals surface area contributed by atoms with Crippen molar-refractivity contribution in [2.24, 2.45) is 0 Å². The average Bonchev–Trinajstić information content (AvgIpc) is 3.01. The zero-order valence-corrected chi connectivity index (χ0v) is 14.6. The van der Waals surface area contributed by atoms with Crippen molar-refractivity contribution in [1.29, 1.82) is 0 Å². The smallest absolute Gasteiger partial charge is 0.119 e. The Balaban J connectivity index is 2.03. The number of ether oxygens (including phenoxy) is 1. The summed E-state index contributed by atoms with van der Waals surface area (Å²) >= 11 is 1.85. The Morgan fingerprint density at radius 2 is 1.58 bits per heavy atom. The maximum absolute atomic E-state index is 5.43. The van der Waals surface area contributed by atoms with Crippen LogP contribution in [0.15, 0.2) is 72.8 Å². The summed E-state index contributed by atoms with van der Waals surface area (Å²) in [4.78, 5) is 1.31. The number of hydrogen-bond acceptors (Lipinski definition) is 2. The highest BCUT2D eigenvalue weighted by molar-refractivity contribution is 7.23. The second-order valence-electron chi connectivity index (χ2n) is 5.90. The molecular formula is C22H18OS. The van der Waals surface area contributed by atoms with Gasteiger partial charge in [-0.3, -0.25) is 0 Å². The van der Waals surface area contributed by atoms with E-state index in [4.69, 9.17) is 4.74 Å². The molecule has 1 aromatic heterocycles. The van der Waals surface area contributed by atoms with E-state index in [9.17, 15) is 0 Å². The Hall–Kier alpha value is -2.58. The number of methoxy groups -OCH3 is 1. The van der Waals surface area contributed by atoms with Crippen LogP contribution in [0.3, 0.4) is 0 Å². The van der Waals surface area contributed by atoms with E-state index in [1.54, 1.807) is 7.11 Å². The summed E-state index contributed by atoms with van der Waals surface area (Å²) < 4.78 is 6.74. The van der Waals surface area contributed by atoms with E-state index in [0.29, 0.717) is 0 Å². The predicted octanol–water partition coefficient (Wildman–Crippen LogP) is 6.55. The third-order valence-corrected chi connectivity index (χ3v) is 5.45. The molecule has 0 bridgehead atoms. The van der Waals surface area contributed by atoms with Crippen LogP contribution in [0.2, 0.25) is 0 Å². The minimum absolute atomic E-state index is 0.887. The van der Waals surface area contributed by atoms with Crippen LogP contribution in [-0.2, 0) is 0 Å². The van der Waals surface area contributed by atoms with Gasteiger partial charge >= 0.3 is 0 Å². The van der Waals surface area contributed by atoms with Crippen molar-refractivity contribution >= 4 is 21.4 Å². The Labute approximate surface area is 146 Å². The lowest BCUT2D eigenvalue weighted by atomic mass is 9.98. The van der Waals surface area contributed by atoms with Crippen LogP contribution >= 0.6 is 11.3 Å². The van der Waals surface area contributed by atoms with Gasteiger partial charge in [-0.05, 0) is 36.2 Å². The average molecular weight is 330 g/mol. The first-order chi connectivity index (χ1) is 11.8. The molecule has 0 spiro atoms. The Bertz CT molecular complexity index is 1010. The Kier molecular flexibility index (Phi) is 3.83. The second kappa shape index (κ2) is 6.14. The summed E-state index contributed by atoms with van der Waals surface area (Å²) in [6.45, 7) is 2.14. The number of rotatable bonds is 3. The van der Waals surface area contributed by atoms with Crippen molar-refractivity contribution in [3.63, 3.8) is 0 Å². The van der Waals surface area contributed by atoms with Gasteiger partial charge in [0.15, 0.2) is 0 Å². The third kappa shape index (κ3) is 2.59. The quantitative estimate of drug-likeness (QED) is 0.414. The number of thiophene rings is 1. The highest BCUT2D eigenvalue weighted by Gasteiger charge is 2.16. The molecule has 0 saturated heterocycles. The molecule has 0 atom stereocenters. The van der Waals surface area contributed by atoms with E-state index in [1.807, 2.05) is 17.4 Å². The van der Waals surface area contributed by atoms with Gasteiger partial charge in [0.2, 0.25) is 0 Å². The largest absolute Gasteiger partial charge is 0.497 e. The lowest BCUT2D eigenvalue weighted by molar-refractivity contribution is 0.415. The summed E-state index contributed by atoms with van der Waals surface area (Å²) in [5.74, 6) is 0.887. The summed E-state index contributed by atoms with van der Waals surface area (Å²) in [5.41, 5.74) is 5.04. The van der Waals surface area contributed by atoms with E-state index in [-0.39, 0.29) is 0 Å². The van der Waals surface area contributed by atoms with E-state index in [2.05, 4.69) is 73.7 Å². The van der Waals surface area contributed by atoms with Gasteiger partial charge in [0, 0.05) is 20.5 Å². The fraction of sp³-hybridized carbons (Fsp3) is 0.0909. The second-order valence-corrected chi connectivity index (χ2v) is 6.96. The van der Waals surface area contributed by atoms with E-state index >= 15 is 0 Å². The molecule has 24 heavy (non-hydrogen) atoms. The Morgan fingerprint density at radius 3 is 2.42 bits per heavy atom. The van der Waals surface area contributed by atoms with Gasteiger partial charge in [-0.25, -0.2) is 0 Å². The highest BCUT2D eigenvalue weighted by atomic mass is 32.1. The van der Waals surface area contributed by atoms with Crippen LogP contribution in [0.5, 0.6) is 5.75 Å². The summed E-state index contributed by atoms with van der Waals surface area (Å²) in [6.07, 6.45) is 0. The van der Waals surface area contributed by atoms with Crippen LogP contribution < -0.4 is 4.74 Å². The van der Waals surface area contributed by atoms with Crippen LogP contribution in [0.25, 0.3) is 31.7 Å². The van der Waals surface area contributed by atoms with Crippen LogP contribution in [0.4, 0.5) is 0 Å². The van der Waals surface area contributed by atoms with Gasteiger partial charge in [0.1, 0.15) is 5.75 Å². The van der Waals surface area contributed by atoms with Gasteiger partial charge in [-0.15, -0.1) is 11.3 Å². The molecule has 4 rings (SSSR count). The minimum Gasteiger partial charge on any atom is -0.497 e. The fourth-order valence-electron chi connectivity index (χ4n) is 3.10. The van der Waals surface area contributed by atoms with Crippen molar-refractivity contribution in [2.75, 3.05) is 7.11 Å². The van der Waals surface area contributed by atoms with E-state index in [0.717, 1.165) is 5.75 Å². The molecule has 1 nitrogen and oxygen atoms in total. The van der Waals surface area contributed by atoms with Gasteiger partial charge < -0.3 is 4.74 Å². The Morgan fingerprint density at radius 1 is 0.792 bits per heavy atom. The fourth-order valence-corrected chi connectivity index (χ4v) is 4.32. The lowest BCUT2D eigenvalue weighted by Crippen LogP contribution is -1.85. The molecule has 0 aliphatic heterocycles. The maximum atomic E-state index is 5.43. The van der Waals surface area contributed by atoms with Crippen molar-refractivity contribution < 1.29 is 4.74 Å². The number of benzene rings is 3. The molecular weight excluding hydrogens is 312 g/mol. The van der Waals surface area contributed by atoms with Gasteiger partial charge in [-0.2, -0.15) is 0 Å². The molecule has 118 valence electrons. The number of aryl methyl sites for hydroxylation is 1. The minimum atomic E-state index is 0.887. The molecule has 1 heterocycles. The monoisotopic (exact) mass is 330 g/mol. The third-order valence-electron chi connectivity index (χ3n) is 4.23. The van der Waals surface area contributed by atoms with Crippen molar-refractivity contribution in [1.82, 2.24) is 0 Å². The molecule has 4 aromatic rings. The van der Waals surface area contributed by atoms with Gasteiger partial charge in [-0.1, -0.05) is 60.2 Å². The summed E-state index contributed by atoms with van der Waals surface area (Å²) in [6, 6.07) is 25.7. The maximum Gasteiger partial charge on any atom is 0.119 e. The lowest BCUT2D eigenvalue weighted by Gasteiger charge is -2.08. The van der Waals surface area contributed by atoms with Crippen LogP contribution in [0, 0.1) is 6.92 Å². The summed E-state index contributed by atoms with van der Waals surface area (Å²) in [5, 5.41) is 1.30. The van der Waals surface area contributed by atoms with Crippen LogP contribution in [-0.4, -0.2) is 7.11 Å². The molecule has 0 saturated carbocycles. The number of hydrogen-bond donors (Lipinski definition) is 0. The first-order valence-corrected chi connectivity index (χ1v) is 8.81. The molecule has 0 fully saturated rings. The first-order valence-electron chi connectivity index (χ1n) is 7.99. The molecule has 0 radical (unpaired) electrons. The van der Waals surface area contributed by atoms with Crippen LogP contribution in [0.1, 0.15) is 5.56 Å². The van der Waals surface area contributed by atoms with E-state index < -0.39 is 0 Å². The molecule has 0 aliphatic carbocycles. The van der Waals surface area contributed by atoms with Crippen molar-refractivity contribution in [3.05, 3.63) is 78.4 Å². The zero-order chi connectivity index (χ0) is 16.5.